The second-order valence-corrected chi connectivity index (χ2v) is 5.63. The summed E-state index contributed by atoms with van der Waals surface area (Å²) in [5.74, 6) is 1.98. The van der Waals surface area contributed by atoms with Crippen molar-refractivity contribution < 1.29 is 0 Å². The zero-order valence-electron chi connectivity index (χ0n) is 11.8. The van der Waals surface area contributed by atoms with E-state index in [-0.39, 0.29) is 0 Å². The Hall–Kier alpha value is -1.09. The van der Waals surface area contributed by atoms with Crippen molar-refractivity contribution in [3.63, 3.8) is 0 Å². The van der Waals surface area contributed by atoms with E-state index in [1.807, 2.05) is 12.4 Å². The van der Waals surface area contributed by atoms with Crippen LogP contribution in [0.4, 0.5) is 0 Å². The van der Waals surface area contributed by atoms with Crippen molar-refractivity contribution in [1.29, 1.82) is 0 Å². The number of rotatable bonds is 5. The number of allylic oxidation sites excluding steroid dienone is 2. The molecule has 3 heteroatoms. The Bertz CT molecular complexity index is 392. The van der Waals surface area contributed by atoms with Gasteiger partial charge in [0.1, 0.15) is 5.82 Å². The van der Waals surface area contributed by atoms with Crippen LogP contribution in [0.1, 0.15) is 38.9 Å². The number of nitrogens with zero attached hydrogens (tertiary/aromatic N) is 3. The summed E-state index contributed by atoms with van der Waals surface area (Å²) in [5, 5.41) is 0. The standard InChI is InChI=1S/C15H25N3/c1-13(2)18(11-14-7-5-4-6-8-14)12-15-16-9-10-17(15)3/h4-5,9-10,13-14H,6-8,11-12H2,1-3H3/t14-/m1/s1. The highest BCUT2D eigenvalue weighted by Gasteiger charge is 2.18. The van der Waals surface area contributed by atoms with Gasteiger partial charge < -0.3 is 4.57 Å². The molecule has 1 aliphatic rings. The number of aromatic nitrogens is 2. The van der Waals surface area contributed by atoms with Gasteiger partial charge in [-0.25, -0.2) is 4.98 Å². The zero-order chi connectivity index (χ0) is 13.0. The molecule has 1 aromatic rings. The van der Waals surface area contributed by atoms with E-state index in [2.05, 4.69) is 47.5 Å². The molecule has 0 N–H and O–H groups in total. The van der Waals surface area contributed by atoms with Crippen LogP contribution in [-0.2, 0) is 13.6 Å². The van der Waals surface area contributed by atoms with Crippen molar-refractivity contribution in [2.24, 2.45) is 13.0 Å². The van der Waals surface area contributed by atoms with Crippen LogP contribution in [0.25, 0.3) is 0 Å². The normalized spacial score (nSPS) is 19.9. The van der Waals surface area contributed by atoms with Gasteiger partial charge in [0, 0.05) is 32.0 Å². The van der Waals surface area contributed by atoms with Crippen LogP contribution in [0.2, 0.25) is 0 Å². The molecule has 100 valence electrons. The van der Waals surface area contributed by atoms with Crippen LogP contribution in [0.5, 0.6) is 0 Å². The molecular formula is C15H25N3. The monoisotopic (exact) mass is 247 g/mol. The molecule has 0 saturated carbocycles. The van der Waals surface area contributed by atoms with Crippen LogP contribution in [-0.4, -0.2) is 27.0 Å². The maximum atomic E-state index is 4.44. The van der Waals surface area contributed by atoms with Crippen molar-refractivity contribution >= 4 is 0 Å². The topological polar surface area (TPSA) is 21.1 Å². The summed E-state index contributed by atoms with van der Waals surface area (Å²) in [7, 11) is 2.07. The fourth-order valence-corrected chi connectivity index (χ4v) is 2.54. The van der Waals surface area contributed by atoms with E-state index in [4.69, 9.17) is 0 Å². The highest BCUT2D eigenvalue weighted by atomic mass is 15.2. The Morgan fingerprint density at radius 1 is 1.44 bits per heavy atom. The lowest BCUT2D eigenvalue weighted by Gasteiger charge is -2.31. The molecule has 2 rings (SSSR count). The predicted molar refractivity (Wildman–Crippen MR) is 75.2 cm³/mol. The first-order valence-electron chi connectivity index (χ1n) is 7.02. The van der Waals surface area contributed by atoms with Gasteiger partial charge in [0.05, 0.1) is 6.54 Å². The smallest absolute Gasteiger partial charge is 0.122 e. The van der Waals surface area contributed by atoms with Gasteiger partial charge in [-0.15, -0.1) is 0 Å². The second-order valence-electron chi connectivity index (χ2n) is 5.63. The minimum Gasteiger partial charge on any atom is -0.337 e. The maximum absolute atomic E-state index is 4.44. The lowest BCUT2D eigenvalue weighted by Crippen LogP contribution is -2.36. The van der Waals surface area contributed by atoms with Gasteiger partial charge in [-0.2, -0.15) is 0 Å². The van der Waals surface area contributed by atoms with E-state index in [9.17, 15) is 0 Å². The molecule has 0 radical (unpaired) electrons. The van der Waals surface area contributed by atoms with Gasteiger partial charge in [0.15, 0.2) is 0 Å². The Balaban J connectivity index is 1.95. The quantitative estimate of drug-likeness (QED) is 0.746. The fraction of sp³-hybridized carbons (Fsp3) is 0.667. The third-order valence-corrected chi connectivity index (χ3v) is 3.87. The molecule has 0 bridgehead atoms. The van der Waals surface area contributed by atoms with E-state index in [0.29, 0.717) is 6.04 Å². The van der Waals surface area contributed by atoms with Crippen LogP contribution in [0, 0.1) is 5.92 Å². The number of imidazole rings is 1. The molecule has 0 amide bonds. The van der Waals surface area contributed by atoms with Gasteiger partial charge in [0.25, 0.3) is 0 Å². The van der Waals surface area contributed by atoms with Crippen LogP contribution in [0.15, 0.2) is 24.5 Å². The molecule has 1 aliphatic carbocycles. The van der Waals surface area contributed by atoms with Crippen LogP contribution in [0.3, 0.4) is 0 Å². The van der Waals surface area contributed by atoms with Gasteiger partial charge in [-0.1, -0.05) is 12.2 Å². The molecule has 0 aliphatic heterocycles. The van der Waals surface area contributed by atoms with Crippen molar-refractivity contribution in [3.8, 4) is 0 Å². The minimum atomic E-state index is 0.576. The molecule has 1 aromatic heterocycles. The van der Waals surface area contributed by atoms with Crippen LogP contribution >= 0.6 is 0 Å². The average molecular weight is 247 g/mol. The van der Waals surface area contributed by atoms with E-state index in [1.165, 1.54) is 25.8 Å². The zero-order valence-corrected chi connectivity index (χ0v) is 11.8. The third-order valence-electron chi connectivity index (χ3n) is 3.87. The van der Waals surface area contributed by atoms with E-state index >= 15 is 0 Å². The molecule has 0 unspecified atom stereocenters. The van der Waals surface area contributed by atoms with Crippen molar-refractivity contribution in [1.82, 2.24) is 14.5 Å². The Labute approximate surface area is 111 Å². The van der Waals surface area contributed by atoms with Gasteiger partial charge >= 0.3 is 0 Å². The first kappa shape index (κ1) is 13.3. The molecule has 0 saturated heterocycles. The minimum absolute atomic E-state index is 0.576. The maximum Gasteiger partial charge on any atom is 0.122 e. The summed E-state index contributed by atoms with van der Waals surface area (Å²) in [6, 6.07) is 0.576. The largest absolute Gasteiger partial charge is 0.337 e. The molecule has 0 aromatic carbocycles. The van der Waals surface area contributed by atoms with Gasteiger partial charge in [-0.3, -0.25) is 4.90 Å². The molecule has 0 fully saturated rings. The highest BCUT2D eigenvalue weighted by Crippen LogP contribution is 2.21. The SMILES string of the molecule is CC(C)N(Cc1nccn1C)C[C@@H]1CC=CCC1. The van der Waals surface area contributed by atoms with E-state index in [0.717, 1.165) is 18.3 Å². The summed E-state index contributed by atoms with van der Waals surface area (Å²) in [6.07, 6.45) is 12.4. The Kier molecular flexibility index (Phi) is 4.59. The third kappa shape index (κ3) is 3.45. The van der Waals surface area contributed by atoms with Crippen LogP contribution < -0.4 is 0 Å². The Morgan fingerprint density at radius 2 is 2.28 bits per heavy atom. The molecule has 1 heterocycles. The summed E-state index contributed by atoms with van der Waals surface area (Å²) >= 11 is 0. The van der Waals surface area contributed by atoms with Crippen molar-refractivity contribution in [3.05, 3.63) is 30.4 Å². The van der Waals surface area contributed by atoms with E-state index in [1.54, 1.807) is 0 Å². The number of hydrogen-bond acceptors (Lipinski definition) is 2. The molecule has 0 spiro atoms. The lowest BCUT2D eigenvalue weighted by atomic mass is 9.93. The van der Waals surface area contributed by atoms with Crippen molar-refractivity contribution in [2.45, 2.75) is 45.7 Å². The first-order valence-corrected chi connectivity index (χ1v) is 7.02. The first-order chi connectivity index (χ1) is 8.66. The molecule has 3 nitrogen and oxygen atoms in total. The van der Waals surface area contributed by atoms with Gasteiger partial charge in [0.2, 0.25) is 0 Å². The summed E-state index contributed by atoms with van der Waals surface area (Å²) < 4.78 is 2.12. The van der Waals surface area contributed by atoms with Gasteiger partial charge in [-0.05, 0) is 39.0 Å². The number of aryl methyl sites for hydroxylation is 1. The lowest BCUT2D eigenvalue weighted by molar-refractivity contribution is 0.167. The average Bonchev–Trinajstić information content (AvgIpc) is 2.75. The fourth-order valence-electron chi connectivity index (χ4n) is 2.54. The molecule has 18 heavy (non-hydrogen) atoms. The highest BCUT2D eigenvalue weighted by molar-refractivity contribution is 4.94. The summed E-state index contributed by atoms with van der Waals surface area (Å²) in [5.41, 5.74) is 0. The summed E-state index contributed by atoms with van der Waals surface area (Å²) in [6.45, 7) is 6.71. The summed E-state index contributed by atoms with van der Waals surface area (Å²) in [4.78, 5) is 6.99. The second kappa shape index (κ2) is 6.19. The number of hydrogen-bond donors (Lipinski definition) is 0. The predicted octanol–water partition coefficient (Wildman–Crippen LogP) is 2.99. The van der Waals surface area contributed by atoms with E-state index < -0.39 is 0 Å². The Morgan fingerprint density at radius 3 is 2.83 bits per heavy atom. The molecular weight excluding hydrogens is 222 g/mol. The molecule has 1 atom stereocenters. The van der Waals surface area contributed by atoms with Crippen molar-refractivity contribution in [2.75, 3.05) is 6.54 Å².